The Bertz CT molecular complexity index is 553. The lowest BCUT2D eigenvalue weighted by molar-refractivity contribution is 0.279. The van der Waals surface area contributed by atoms with Crippen LogP contribution in [0.25, 0.3) is 10.9 Å². The first-order valence-electron chi connectivity index (χ1n) is 6.97. The van der Waals surface area contributed by atoms with E-state index in [4.69, 9.17) is 5.11 Å². The fourth-order valence-corrected chi connectivity index (χ4v) is 2.96. The average Bonchev–Trinajstić information content (AvgIpc) is 2.92. The van der Waals surface area contributed by atoms with Crippen LogP contribution in [0, 0.1) is 0 Å². The third kappa shape index (κ3) is 2.40. The molecule has 100 valence electrons. The fraction of sp³-hybridized carbons (Fsp3) is 0.467. The molecular formula is C15H19N3O. The van der Waals surface area contributed by atoms with E-state index in [1.54, 1.807) is 6.33 Å². The quantitative estimate of drug-likeness (QED) is 0.913. The number of anilines is 1. The van der Waals surface area contributed by atoms with Gasteiger partial charge in [-0.2, -0.15) is 0 Å². The smallest absolute Gasteiger partial charge is 0.140 e. The van der Waals surface area contributed by atoms with Crippen LogP contribution in [0.15, 0.2) is 30.6 Å². The van der Waals surface area contributed by atoms with Gasteiger partial charge in [0.05, 0.1) is 5.52 Å². The molecule has 19 heavy (non-hydrogen) atoms. The Balaban J connectivity index is 1.94. The van der Waals surface area contributed by atoms with Gasteiger partial charge in [-0.15, -0.1) is 0 Å². The third-order valence-electron chi connectivity index (χ3n) is 3.87. The second-order valence-electron chi connectivity index (χ2n) is 5.07. The number of benzene rings is 1. The molecule has 0 spiro atoms. The second kappa shape index (κ2) is 5.53. The van der Waals surface area contributed by atoms with E-state index >= 15 is 0 Å². The summed E-state index contributed by atoms with van der Waals surface area (Å²) in [6, 6.07) is 8.66. The summed E-state index contributed by atoms with van der Waals surface area (Å²) in [5.41, 5.74) is 1.00. The molecule has 1 atom stereocenters. The topological polar surface area (TPSA) is 49.2 Å². The van der Waals surface area contributed by atoms with Crippen LogP contribution in [0.4, 0.5) is 5.82 Å². The predicted molar refractivity (Wildman–Crippen MR) is 76.2 cm³/mol. The third-order valence-corrected chi connectivity index (χ3v) is 3.87. The zero-order valence-electron chi connectivity index (χ0n) is 11.0. The van der Waals surface area contributed by atoms with E-state index in [0.717, 1.165) is 36.1 Å². The maximum atomic E-state index is 9.01. The van der Waals surface area contributed by atoms with Gasteiger partial charge in [-0.05, 0) is 37.8 Å². The van der Waals surface area contributed by atoms with Crippen molar-refractivity contribution >= 4 is 16.7 Å². The zero-order chi connectivity index (χ0) is 13.1. The Kier molecular flexibility index (Phi) is 3.60. The Labute approximate surface area is 113 Å². The minimum absolute atomic E-state index is 0.273. The molecule has 1 aliphatic heterocycles. The normalized spacial score (nSPS) is 19.2. The first kappa shape index (κ1) is 12.4. The standard InChI is InChI=1S/C15H19N3O/c19-10-4-6-12-5-3-9-18(12)15-13-7-1-2-8-14(13)16-11-17-15/h1-2,7-8,11-12,19H,3-6,9-10H2. The van der Waals surface area contributed by atoms with E-state index in [-0.39, 0.29) is 6.61 Å². The summed E-state index contributed by atoms with van der Waals surface area (Å²) in [5, 5.41) is 10.1. The number of aliphatic hydroxyl groups excluding tert-OH is 1. The van der Waals surface area contributed by atoms with Crippen LogP contribution >= 0.6 is 0 Å². The summed E-state index contributed by atoms with van der Waals surface area (Å²) in [6.45, 7) is 1.33. The SMILES string of the molecule is OCCCC1CCCN1c1ncnc2ccccc12. The molecule has 0 amide bonds. The molecule has 2 heterocycles. The molecule has 4 heteroatoms. The summed E-state index contributed by atoms with van der Waals surface area (Å²) in [6.07, 6.45) is 5.95. The molecule has 0 radical (unpaired) electrons. The van der Waals surface area contributed by atoms with Crippen molar-refractivity contribution in [1.29, 1.82) is 0 Å². The monoisotopic (exact) mass is 257 g/mol. The Hall–Kier alpha value is -1.68. The molecule has 1 saturated heterocycles. The molecule has 1 fully saturated rings. The molecule has 0 bridgehead atoms. The van der Waals surface area contributed by atoms with Gasteiger partial charge in [0.15, 0.2) is 0 Å². The molecule has 4 nitrogen and oxygen atoms in total. The molecular weight excluding hydrogens is 238 g/mol. The van der Waals surface area contributed by atoms with Gasteiger partial charge >= 0.3 is 0 Å². The van der Waals surface area contributed by atoms with Crippen molar-refractivity contribution in [2.45, 2.75) is 31.7 Å². The Morgan fingerprint density at radius 3 is 3.05 bits per heavy atom. The highest BCUT2D eigenvalue weighted by Crippen LogP contribution is 2.30. The number of hydrogen-bond donors (Lipinski definition) is 1. The van der Waals surface area contributed by atoms with Crippen molar-refractivity contribution in [3.05, 3.63) is 30.6 Å². The van der Waals surface area contributed by atoms with E-state index in [2.05, 4.69) is 20.9 Å². The van der Waals surface area contributed by atoms with Crippen molar-refractivity contribution in [3.63, 3.8) is 0 Å². The first-order chi connectivity index (χ1) is 9.40. The molecule has 0 aliphatic carbocycles. The lowest BCUT2D eigenvalue weighted by atomic mass is 10.1. The number of aliphatic hydroxyl groups is 1. The van der Waals surface area contributed by atoms with Gasteiger partial charge in [0.1, 0.15) is 12.1 Å². The van der Waals surface area contributed by atoms with Crippen LogP contribution in [0.2, 0.25) is 0 Å². The van der Waals surface area contributed by atoms with Crippen LogP contribution < -0.4 is 4.90 Å². The van der Waals surface area contributed by atoms with Gasteiger partial charge in [0.2, 0.25) is 0 Å². The molecule has 0 saturated carbocycles. The van der Waals surface area contributed by atoms with E-state index in [9.17, 15) is 0 Å². The number of aromatic nitrogens is 2. The van der Waals surface area contributed by atoms with E-state index in [0.29, 0.717) is 6.04 Å². The van der Waals surface area contributed by atoms with Gasteiger partial charge < -0.3 is 10.0 Å². The van der Waals surface area contributed by atoms with Crippen LogP contribution in [-0.2, 0) is 0 Å². The number of rotatable bonds is 4. The number of hydrogen-bond acceptors (Lipinski definition) is 4. The summed E-state index contributed by atoms with van der Waals surface area (Å²) in [7, 11) is 0. The molecule has 3 rings (SSSR count). The summed E-state index contributed by atoms with van der Waals surface area (Å²) in [5.74, 6) is 1.05. The van der Waals surface area contributed by atoms with E-state index < -0.39 is 0 Å². The number of para-hydroxylation sites is 1. The van der Waals surface area contributed by atoms with Crippen LogP contribution in [-0.4, -0.2) is 34.3 Å². The summed E-state index contributed by atoms with van der Waals surface area (Å²) >= 11 is 0. The van der Waals surface area contributed by atoms with Gasteiger partial charge in [0, 0.05) is 24.6 Å². The predicted octanol–water partition coefficient (Wildman–Crippen LogP) is 2.37. The van der Waals surface area contributed by atoms with E-state index in [1.165, 1.54) is 12.8 Å². The Morgan fingerprint density at radius 1 is 1.26 bits per heavy atom. The molecule has 1 N–H and O–H groups in total. The van der Waals surface area contributed by atoms with Crippen LogP contribution in [0.3, 0.4) is 0 Å². The zero-order valence-corrected chi connectivity index (χ0v) is 11.0. The van der Waals surface area contributed by atoms with Crippen molar-refractivity contribution < 1.29 is 5.11 Å². The van der Waals surface area contributed by atoms with Gasteiger partial charge in [-0.1, -0.05) is 12.1 Å². The molecule has 2 aromatic rings. The molecule has 1 aromatic carbocycles. The summed E-state index contributed by atoms with van der Waals surface area (Å²) in [4.78, 5) is 11.2. The van der Waals surface area contributed by atoms with Crippen molar-refractivity contribution in [1.82, 2.24) is 9.97 Å². The highest BCUT2D eigenvalue weighted by Gasteiger charge is 2.26. The molecule has 1 aromatic heterocycles. The fourth-order valence-electron chi connectivity index (χ4n) is 2.96. The van der Waals surface area contributed by atoms with Crippen molar-refractivity contribution in [2.75, 3.05) is 18.1 Å². The maximum Gasteiger partial charge on any atom is 0.140 e. The van der Waals surface area contributed by atoms with Crippen LogP contribution in [0.5, 0.6) is 0 Å². The van der Waals surface area contributed by atoms with Crippen LogP contribution in [0.1, 0.15) is 25.7 Å². The molecule has 1 aliphatic rings. The van der Waals surface area contributed by atoms with E-state index in [1.807, 2.05) is 18.2 Å². The van der Waals surface area contributed by atoms with Gasteiger partial charge in [-0.25, -0.2) is 9.97 Å². The lowest BCUT2D eigenvalue weighted by Gasteiger charge is -2.26. The molecule has 1 unspecified atom stereocenters. The lowest BCUT2D eigenvalue weighted by Crippen LogP contribution is -2.30. The van der Waals surface area contributed by atoms with Gasteiger partial charge in [-0.3, -0.25) is 0 Å². The largest absolute Gasteiger partial charge is 0.396 e. The van der Waals surface area contributed by atoms with Crippen molar-refractivity contribution in [3.8, 4) is 0 Å². The second-order valence-corrected chi connectivity index (χ2v) is 5.07. The number of fused-ring (bicyclic) bond motifs is 1. The minimum Gasteiger partial charge on any atom is -0.396 e. The first-order valence-corrected chi connectivity index (χ1v) is 6.97. The maximum absolute atomic E-state index is 9.01. The Morgan fingerprint density at radius 2 is 2.16 bits per heavy atom. The number of nitrogens with zero attached hydrogens (tertiary/aromatic N) is 3. The van der Waals surface area contributed by atoms with Gasteiger partial charge in [0.25, 0.3) is 0 Å². The average molecular weight is 257 g/mol. The minimum atomic E-state index is 0.273. The highest BCUT2D eigenvalue weighted by molar-refractivity contribution is 5.89. The summed E-state index contributed by atoms with van der Waals surface area (Å²) < 4.78 is 0. The van der Waals surface area contributed by atoms with Crippen molar-refractivity contribution in [2.24, 2.45) is 0 Å². The highest BCUT2D eigenvalue weighted by atomic mass is 16.2.